The van der Waals surface area contributed by atoms with Gasteiger partial charge in [0.05, 0.1) is 38.3 Å². The van der Waals surface area contributed by atoms with Gasteiger partial charge < -0.3 is 25.2 Å². The van der Waals surface area contributed by atoms with Crippen LogP contribution in [0.15, 0.2) is 49.4 Å². The zero-order valence-electron chi connectivity index (χ0n) is 16.0. The van der Waals surface area contributed by atoms with E-state index in [-0.39, 0.29) is 29.4 Å². The van der Waals surface area contributed by atoms with Crippen LogP contribution in [0, 0.1) is 0 Å². The lowest BCUT2D eigenvalue weighted by Crippen LogP contribution is -2.07. The first-order valence-electron chi connectivity index (χ1n) is 8.74. The van der Waals surface area contributed by atoms with Gasteiger partial charge >= 0.3 is 0 Å². The maximum Gasteiger partial charge on any atom is 0.247 e. The lowest BCUT2D eigenvalue weighted by atomic mass is 10.2. The number of carbonyl (C=O) groups excluding carboxylic acids is 1. The lowest BCUT2D eigenvalue weighted by molar-refractivity contribution is -0.111. The fraction of sp³-hybridized carbons (Fsp3) is 0.158. The van der Waals surface area contributed by atoms with Gasteiger partial charge in [-0.25, -0.2) is 4.98 Å². The Balaban J connectivity index is 1.83. The summed E-state index contributed by atoms with van der Waals surface area (Å²) in [4.78, 5) is 19.9. The summed E-state index contributed by atoms with van der Waals surface area (Å²) in [6.07, 6.45) is 5.82. The van der Waals surface area contributed by atoms with E-state index in [2.05, 4.69) is 32.3 Å². The number of hydrogen-bond donors (Lipinski definition) is 3. The third-order valence-electron chi connectivity index (χ3n) is 3.75. The highest BCUT2D eigenvalue weighted by atomic mass is 35.5. The number of hydrogen-bond acceptors (Lipinski definition) is 8. The fourth-order valence-electron chi connectivity index (χ4n) is 2.40. The zero-order valence-corrected chi connectivity index (χ0v) is 16.8. The Morgan fingerprint density at radius 3 is 2.90 bits per heavy atom. The third kappa shape index (κ3) is 5.25. The van der Waals surface area contributed by atoms with Gasteiger partial charge in [-0.15, -0.1) is 0 Å². The van der Waals surface area contributed by atoms with Gasteiger partial charge in [-0.05, 0) is 18.2 Å². The molecule has 2 heterocycles. The number of aromatic nitrogens is 4. The first kappa shape index (κ1) is 21.1. The summed E-state index contributed by atoms with van der Waals surface area (Å²) >= 11 is 6.19. The van der Waals surface area contributed by atoms with E-state index in [1.165, 1.54) is 13.3 Å². The molecule has 2 aromatic heterocycles. The molecule has 0 saturated carbocycles. The van der Waals surface area contributed by atoms with Crippen molar-refractivity contribution in [1.29, 1.82) is 0 Å². The summed E-state index contributed by atoms with van der Waals surface area (Å²) in [7, 11) is 1.49. The molecule has 0 spiro atoms. The molecule has 0 aliphatic carbocycles. The molecule has 0 aliphatic rings. The summed E-state index contributed by atoms with van der Waals surface area (Å²) in [5, 5.41) is 18.9. The average Bonchev–Trinajstić information content (AvgIpc) is 3.18. The van der Waals surface area contributed by atoms with Crippen molar-refractivity contribution in [3.63, 3.8) is 0 Å². The van der Waals surface area contributed by atoms with Gasteiger partial charge in [0.25, 0.3) is 0 Å². The third-order valence-corrected chi connectivity index (χ3v) is 4.01. The van der Waals surface area contributed by atoms with E-state index < -0.39 is 0 Å². The number of aliphatic hydroxyl groups excluding tert-OH is 1. The van der Waals surface area contributed by atoms with E-state index in [0.717, 1.165) is 6.08 Å². The number of nitrogens with zero attached hydrogens (tertiary/aromatic N) is 4. The first-order chi connectivity index (χ1) is 14.5. The topological polar surface area (TPSA) is 123 Å². The standard InChI is InChI=1S/C19H19ClN6O4/c1-3-17(28)23-12-4-5-15(29-2)16(8-12)30-18-14(20)10-21-19(25-18)24-13-9-22-26(11-13)6-7-27/h3-5,8-11,27H,1,6-7H2,2H3,(H,23,28)(H,21,24,25). The summed E-state index contributed by atoms with van der Waals surface area (Å²) in [6.45, 7) is 3.77. The molecule has 11 heteroatoms. The van der Waals surface area contributed by atoms with E-state index in [0.29, 0.717) is 29.4 Å². The van der Waals surface area contributed by atoms with Gasteiger partial charge in [-0.2, -0.15) is 10.1 Å². The minimum absolute atomic E-state index is 0.0231. The number of halogens is 1. The van der Waals surface area contributed by atoms with Crippen LogP contribution in [0.4, 0.5) is 17.3 Å². The van der Waals surface area contributed by atoms with Crippen LogP contribution in [0.5, 0.6) is 17.4 Å². The number of nitrogens with one attached hydrogen (secondary N) is 2. The van der Waals surface area contributed by atoms with Crippen molar-refractivity contribution in [1.82, 2.24) is 19.7 Å². The van der Waals surface area contributed by atoms with E-state index in [1.807, 2.05) is 0 Å². The number of amides is 1. The molecule has 3 N–H and O–H groups in total. The summed E-state index contributed by atoms with van der Waals surface area (Å²) < 4.78 is 12.7. The highest BCUT2D eigenvalue weighted by Gasteiger charge is 2.14. The van der Waals surface area contributed by atoms with Gasteiger partial charge in [-0.1, -0.05) is 18.2 Å². The van der Waals surface area contributed by atoms with Crippen LogP contribution in [-0.2, 0) is 11.3 Å². The van der Waals surface area contributed by atoms with Crippen LogP contribution >= 0.6 is 11.6 Å². The monoisotopic (exact) mass is 430 g/mol. The first-order valence-corrected chi connectivity index (χ1v) is 9.12. The molecular weight excluding hydrogens is 412 g/mol. The van der Waals surface area contributed by atoms with Crippen molar-refractivity contribution in [3.05, 3.63) is 54.5 Å². The molecule has 0 bridgehead atoms. The Kier molecular flexibility index (Phi) is 6.83. The molecule has 0 fully saturated rings. The van der Waals surface area contributed by atoms with Crippen LogP contribution in [-0.4, -0.2) is 44.5 Å². The quantitative estimate of drug-likeness (QED) is 0.442. The van der Waals surface area contributed by atoms with Gasteiger partial charge in [0, 0.05) is 18.0 Å². The van der Waals surface area contributed by atoms with Gasteiger partial charge in [0.1, 0.15) is 5.02 Å². The highest BCUT2D eigenvalue weighted by Crippen LogP contribution is 2.36. The molecular formula is C19H19ClN6O4. The Bertz CT molecular complexity index is 1060. The number of ether oxygens (including phenoxy) is 2. The van der Waals surface area contributed by atoms with Crippen LogP contribution in [0.2, 0.25) is 5.02 Å². The second-order valence-electron chi connectivity index (χ2n) is 5.85. The van der Waals surface area contributed by atoms with Crippen molar-refractivity contribution >= 4 is 34.8 Å². The summed E-state index contributed by atoms with van der Waals surface area (Å²) in [5.41, 5.74) is 1.11. The van der Waals surface area contributed by atoms with E-state index in [4.69, 9.17) is 26.2 Å². The van der Waals surface area contributed by atoms with Crippen molar-refractivity contribution in [2.45, 2.75) is 6.54 Å². The number of aliphatic hydroxyl groups is 1. The van der Waals surface area contributed by atoms with Crippen LogP contribution < -0.4 is 20.1 Å². The predicted molar refractivity (Wildman–Crippen MR) is 112 cm³/mol. The largest absolute Gasteiger partial charge is 0.493 e. The molecule has 0 unspecified atom stereocenters. The van der Waals surface area contributed by atoms with E-state index >= 15 is 0 Å². The average molecular weight is 431 g/mol. The van der Waals surface area contributed by atoms with Crippen LogP contribution in [0.25, 0.3) is 0 Å². The second-order valence-corrected chi connectivity index (χ2v) is 6.26. The van der Waals surface area contributed by atoms with E-state index in [9.17, 15) is 4.79 Å². The Hall–Kier alpha value is -3.63. The van der Waals surface area contributed by atoms with Crippen molar-refractivity contribution in [2.24, 2.45) is 0 Å². The zero-order chi connectivity index (χ0) is 21.5. The second kappa shape index (κ2) is 9.72. The maximum absolute atomic E-state index is 11.5. The van der Waals surface area contributed by atoms with Crippen molar-refractivity contribution < 1.29 is 19.4 Å². The van der Waals surface area contributed by atoms with E-state index in [1.54, 1.807) is 35.3 Å². The smallest absolute Gasteiger partial charge is 0.247 e. The predicted octanol–water partition coefficient (Wildman–Crippen LogP) is 2.99. The molecule has 1 aromatic carbocycles. The summed E-state index contributed by atoms with van der Waals surface area (Å²) in [5.74, 6) is 0.664. The molecule has 30 heavy (non-hydrogen) atoms. The number of benzene rings is 1. The molecule has 0 radical (unpaired) electrons. The molecule has 3 rings (SSSR count). The SMILES string of the molecule is C=CC(=O)Nc1ccc(OC)c(Oc2nc(Nc3cnn(CCO)c3)ncc2Cl)c1. The Labute approximate surface area is 177 Å². The normalized spacial score (nSPS) is 10.4. The number of anilines is 3. The molecule has 156 valence electrons. The van der Waals surface area contributed by atoms with Gasteiger partial charge in [-0.3, -0.25) is 9.48 Å². The number of carbonyl (C=O) groups is 1. The maximum atomic E-state index is 11.5. The van der Waals surface area contributed by atoms with Crippen LogP contribution in [0.3, 0.4) is 0 Å². The fourth-order valence-corrected chi connectivity index (χ4v) is 2.53. The van der Waals surface area contributed by atoms with Gasteiger partial charge in [0.15, 0.2) is 11.5 Å². The molecule has 0 saturated heterocycles. The highest BCUT2D eigenvalue weighted by molar-refractivity contribution is 6.31. The minimum Gasteiger partial charge on any atom is -0.493 e. The molecule has 1 amide bonds. The molecule has 3 aromatic rings. The summed E-state index contributed by atoms with van der Waals surface area (Å²) in [6, 6.07) is 4.87. The van der Waals surface area contributed by atoms with Gasteiger partial charge in [0.2, 0.25) is 17.7 Å². The van der Waals surface area contributed by atoms with Crippen LogP contribution in [0.1, 0.15) is 0 Å². The molecule has 0 atom stereocenters. The minimum atomic E-state index is -0.362. The Morgan fingerprint density at radius 1 is 1.33 bits per heavy atom. The Morgan fingerprint density at radius 2 is 2.17 bits per heavy atom. The molecule has 0 aliphatic heterocycles. The number of methoxy groups -OCH3 is 1. The molecule has 10 nitrogen and oxygen atoms in total. The van der Waals surface area contributed by atoms with Crippen molar-refractivity contribution in [2.75, 3.05) is 24.4 Å². The number of rotatable bonds is 9. The lowest BCUT2D eigenvalue weighted by Gasteiger charge is -2.13. The van der Waals surface area contributed by atoms with Crippen molar-refractivity contribution in [3.8, 4) is 17.4 Å².